The number of aliphatic hydroxyl groups excluding tert-OH is 1. The minimum atomic E-state index is -0.281. The van der Waals surface area contributed by atoms with Gasteiger partial charge in [-0.05, 0) is 13.0 Å². The van der Waals surface area contributed by atoms with Crippen LogP contribution in [0, 0.1) is 0 Å². The molecule has 1 fully saturated rings. The molecule has 0 aromatic carbocycles. The van der Waals surface area contributed by atoms with E-state index in [2.05, 4.69) is 5.32 Å². The second-order valence-corrected chi connectivity index (χ2v) is 2.22. The third kappa shape index (κ3) is 1.18. The number of nitrogens with one attached hydrogen (secondary N) is 1. The zero-order valence-electron chi connectivity index (χ0n) is 4.80. The van der Waals surface area contributed by atoms with Crippen LogP contribution >= 0.6 is 0 Å². The molecule has 1 rings (SSSR count). The third-order valence-corrected chi connectivity index (χ3v) is 1.49. The van der Waals surface area contributed by atoms with Gasteiger partial charge in [0.05, 0.1) is 6.10 Å². The maximum Gasteiger partial charge on any atom is 0.0715 e. The Morgan fingerprint density at radius 1 is 1.62 bits per heavy atom. The smallest absolute Gasteiger partial charge is 0.0715 e. The molecule has 1 saturated heterocycles. The van der Waals surface area contributed by atoms with E-state index in [1.54, 1.807) is 0 Å². The molecular formula is C5H12N2O. The van der Waals surface area contributed by atoms with Crippen LogP contribution in [-0.4, -0.2) is 30.3 Å². The van der Waals surface area contributed by atoms with E-state index in [1.165, 1.54) is 0 Å². The average Bonchev–Trinajstić information content (AvgIpc) is 1.77. The van der Waals surface area contributed by atoms with Crippen molar-refractivity contribution in [1.29, 1.82) is 0 Å². The fraction of sp³-hybridized carbons (Fsp3) is 1.00. The summed E-state index contributed by atoms with van der Waals surface area (Å²) in [7, 11) is 0. The van der Waals surface area contributed by atoms with Crippen LogP contribution in [-0.2, 0) is 0 Å². The van der Waals surface area contributed by atoms with Crippen molar-refractivity contribution in [2.24, 2.45) is 5.73 Å². The Morgan fingerprint density at radius 2 is 2.38 bits per heavy atom. The second kappa shape index (κ2) is 2.44. The van der Waals surface area contributed by atoms with E-state index < -0.39 is 0 Å². The highest BCUT2D eigenvalue weighted by molar-refractivity contribution is 4.79. The average molecular weight is 116 g/mol. The van der Waals surface area contributed by atoms with Crippen LogP contribution in [0.25, 0.3) is 0 Å². The standard InChI is InChI=1S/C5H12N2O/c6-4-3-7-2-1-5(4)8/h4-5,7-8H,1-3,6H2/t4-,5-/m0/s1. The van der Waals surface area contributed by atoms with Gasteiger partial charge in [-0.15, -0.1) is 0 Å². The quantitative estimate of drug-likeness (QED) is 0.367. The van der Waals surface area contributed by atoms with E-state index in [9.17, 15) is 0 Å². The van der Waals surface area contributed by atoms with Gasteiger partial charge >= 0.3 is 0 Å². The first-order valence-corrected chi connectivity index (χ1v) is 2.95. The van der Waals surface area contributed by atoms with E-state index >= 15 is 0 Å². The summed E-state index contributed by atoms with van der Waals surface area (Å²) in [6.45, 7) is 1.65. The van der Waals surface area contributed by atoms with E-state index in [0.717, 1.165) is 19.5 Å². The molecule has 8 heavy (non-hydrogen) atoms. The molecule has 2 atom stereocenters. The summed E-state index contributed by atoms with van der Waals surface area (Å²) in [5, 5.41) is 12.1. The zero-order valence-corrected chi connectivity index (χ0v) is 4.80. The summed E-state index contributed by atoms with van der Waals surface area (Å²) in [4.78, 5) is 0. The van der Waals surface area contributed by atoms with Gasteiger partial charge in [0.2, 0.25) is 0 Å². The van der Waals surface area contributed by atoms with E-state index in [-0.39, 0.29) is 12.1 Å². The first-order valence-electron chi connectivity index (χ1n) is 2.95. The molecule has 0 saturated carbocycles. The maximum atomic E-state index is 9.01. The highest BCUT2D eigenvalue weighted by atomic mass is 16.3. The summed E-state index contributed by atoms with van der Waals surface area (Å²) < 4.78 is 0. The van der Waals surface area contributed by atoms with Gasteiger partial charge in [0, 0.05) is 12.6 Å². The Labute approximate surface area is 48.9 Å². The van der Waals surface area contributed by atoms with Crippen LogP contribution in [0.3, 0.4) is 0 Å². The van der Waals surface area contributed by atoms with Crippen LogP contribution in [0.15, 0.2) is 0 Å². The Kier molecular flexibility index (Phi) is 1.83. The number of hydrogen-bond acceptors (Lipinski definition) is 3. The molecule has 48 valence electrons. The Hall–Kier alpha value is -0.120. The highest BCUT2D eigenvalue weighted by Crippen LogP contribution is 1.98. The molecule has 1 aliphatic heterocycles. The Morgan fingerprint density at radius 3 is 2.75 bits per heavy atom. The number of piperidine rings is 1. The van der Waals surface area contributed by atoms with Crippen molar-refractivity contribution in [2.75, 3.05) is 13.1 Å². The Bertz CT molecular complexity index is 66.8. The zero-order chi connectivity index (χ0) is 5.98. The molecule has 0 aromatic rings. The van der Waals surface area contributed by atoms with Crippen molar-refractivity contribution in [2.45, 2.75) is 18.6 Å². The lowest BCUT2D eigenvalue weighted by molar-refractivity contribution is 0.116. The van der Waals surface area contributed by atoms with Crippen molar-refractivity contribution in [1.82, 2.24) is 5.32 Å². The first-order chi connectivity index (χ1) is 3.80. The van der Waals surface area contributed by atoms with E-state index in [1.807, 2.05) is 0 Å². The molecule has 4 N–H and O–H groups in total. The molecule has 0 amide bonds. The SMILES string of the molecule is N[C@H]1CNCC[C@@H]1O. The molecule has 0 bridgehead atoms. The van der Waals surface area contributed by atoms with Crippen molar-refractivity contribution >= 4 is 0 Å². The van der Waals surface area contributed by atoms with Crippen LogP contribution in [0.2, 0.25) is 0 Å². The topological polar surface area (TPSA) is 58.3 Å². The van der Waals surface area contributed by atoms with Gasteiger partial charge in [0.25, 0.3) is 0 Å². The van der Waals surface area contributed by atoms with Crippen molar-refractivity contribution in [3.05, 3.63) is 0 Å². The molecule has 0 aromatic heterocycles. The number of rotatable bonds is 0. The molecule has 0 spiro atoms. The number of aliphatic hydroxyl groups is 1. The molecule has 0 unspecified atom stereocenters. The van der Waals surface area contributed by atoms with E-state index in [4.69, 9.17) is 10.8 Å². The van der Waals surface area contributed by atoms with E-state index in [0.29, 0.717) is 0 Å². The molecule has 0 aliphatic carbocycles. The first kappa shape index (κ1) is 6.01. The minimum Gasteiger partial charge on any atom is -0.391 e. The van der Waals surface area contributed by atoms with Gasteiger partial charge in [-0.1, -0.05) is 0 Å². The summed E-state index contributed by atoms with van der Waals surface area (Å²) >= 11 is 0. The fourth-order valence-corrected chi connectivity index (χ4v) is 0.869. The fourth-order valence-electron chi connectivity index (χ4n) is 0.869. The normalized spacial score (nSPS) is 39.8. The van der Waals surface area contributed by atoms with Gasteiger partial charge in [-0.3, -0.25) is 0 Å². The van der Waals surface area contributed by atoms with Crippen molar-refractivity contribution < 1.29 is 5.11 Å². The van der Waals surface area contributed by atoms with Crippen LogP contribution in [0.4, 0.5) is 0 Å². The highest BCUT2D eigenvalue weighted by Gasteiger charge is 2.17. The summed E-state index contributed by atoms with van der Waals surface area (Å²) in [5.74, 6) is 0. The molecule has 3 nitrogen and oxygen atoms in total. The molecule has 1 heterocycles. The van der Waals surface area contributed by atoms with Gasteiger partial charge in [-0.2, -0.15) is 0 Å². The van der Waals surface area contributed by atoms with Crippen molar-refractivity contribution in [3.8, 4) is 0 Å². The van der Waals surface area contributed by atoms with Crippen LogP contribution in [0.1, 0.15) is 6.42 Å². The van der Waals surface area contributed by atoms with Gasteiger partial charge < -0.3 is 16.2 Å². The van der Waals surface area contributed by atoms with Crippen LogP contribution in [0.5, 0.6) is 0 Å². The lowest BCUT2D eigenvalue weighted by atomic mass is 10.1. The summed E-state index contributed by atoms with van der Waals surface area (Å²) in [6.07, 6.45) is 0.512. The Balaban J connectivity index is 2.28. The lowest BCUT2D eigenvalue weighted by Crippen LogP contribution is -2.49. The molecule has 1 aliphatic rings. The second-order valence-electron chi connectivity index (χ2n) is 2.22. The summed E-state index contributed by atoms with van der Waals surface area (Å²) in [5.41, 5.74) is 5.47. The lowest BCUT2D eigenvalue weighted by Gasteiger charge is -2.24. The van der Waals surface area contributed by atoms with Gasteiger partial charge in [0.15, 0.2) is 0 Å². The maximum absolute atomic E-state index is 9.01. The predicted molar refractivity (Wildman–Crippen MR) is 31.5 cm³/mol. The monoisotopic (exact) mass is 116 g/mol. The summed E-state index contributed by atoms with van der Waals surface area (Å²) in [6, 6.07) is -0.0521. The van der Waals surface area contributed by atoms with Gasteiger partial charge in [0.1, 0.15) is 0 Å². The number of nitrogens with two attached hydrogens (primary N) is 1. The molecular weight excluding hydrogens is 104 g/mol. The third-order valence-electron chi connectivity index (χ3n) is 1.49. The minimum absolute atomic E-state index is 0.0521. The molecule has 3 heteroatoms. The molecule has 0 radical (unpaired) electrons. The predicted octanol–water partition coefficient (Wildman–Crippen LogP) is -1.33. The largest absolute Gasteiger partial charge is 0.391 e. The van der Waals surface area contributed by atoms with Crippen LogP contribution < -0.4 is 11.1 Å². The van der Waals surface area contributed by atoms with Crippen molar-refractivity contribution in [3.63, 3.8) is 0 Å². The number of hydrogen-bond donors (Lipinski definition) is 3. The van der Waals surface area contributed by atoms with Gasteiger partial charge in [-0.25, -0.2) is 0 Å².